The normalized spacial score (nSPS) is 10.9. The summed E-state index contributed by atoms with van der Waals surface area (Å²) < 4.78 is 7.35. The summed E-state index contributed by atoms with van der Waals surface area (Å²) in [4.78, 5) is 33.1. The molecule has 8 nitrogen and oxygen atoms in total. The molecule has 0 bridgehead atoms. The zero-order valence-corrected chi connectivity index (χ0v) is 17.8. The van der Waals surface area contributed by atoms with Crippen LogP contribution in [0.4, 0.5) is 0 Å². The number of aromatic amines is 1. The second-order valence-electron chi connectivity index (χ2n) is 7.12. The summed E-state index contributed by atoms with van der Waals surface area (Å²) in [6.07, 6.45) is 4.59. The molecule has 0 unspecified atom stereocenters. The van der Waals surface area contributed by atoms with Crippen LogP contribution in [0.3, 0.4) is 0 Å². The van der Waals surface area contributed by atoms with E-state index in [0.717, 1.165) is 11.1 Å². The lowest BCUT2D eigenvalue weighted by atomic mass is 10.2. The van der Waals surface area contributed by atoms with Crippen molar-refractivity contribution < 1.29 is 14.6 Å². The molecule has 2 aromatic heterocycles. The maximum absolute atomic E-state index is 13.0. The summed E-state index contributed by atoms with van der Waals surface area (Å²) in [5.74, 6) is 0.252. The first-order chi connectivity index (χ1) is 15.5. The van der Waals surface area contributed by atoms with Gasteiger partial charge in [0.25, 0.3) is 11.5 Å². The molecular formula is C23H21ClN4O4. The first-order valence-electron chi connectivity index (χ1n) is 9.97. The number of imidazole rings is 1. The maximum Gasteiger partial charge on any atom is 0.291 e. The van der Waals surface area contributed by atoms with Crippen LogP contribution in [-0.4, -0.2) is 43.4 Å². The number of hydrogen-bond donors (Lipinski definition) is 2. The van der Waals surface area contributed by atoms with Gasteiger partial charge in [-0.3, -0.25) is 9.59 Å². The quantitative estimate of drug-likeness (QED) is 0.428. The number of aliphatic hydroxyl groups excluding tert-OH is 1. The summed E-state index contributed by atoms with van der Waals surface area (Å²) in [6, 6.07) is 14.8. The minimum atomic E-state index is -0.386. The van der Waals surface area contributed by atoms with Crippen molar-refractivity contribution in [2.45, 2.75) is 13.2 Å². The summed E-state index contributed by atoms with van der Waals surface area (Å²) in [5.41, 5.74) is 1.57. The Kier molecular flexibility index (Phi) is 6.53. The fourth-order valence-electron chi connectivity index (χ4n) is 3.30. The Balaban J connectivity index is 1.50. The van der Waals surface area contributed by atoms with Crippen molar-refractivity contribution in [1.29, 1.82) is 0 Å². The van der Waals surface area contributed by atoms with Gasteiger partial charge in [0.15, 0.2) is 0 Å². The van der Waals surface area contributed by atoms with Gasteiger partial charge in [-0.15, -0.1) is 0 Å². The third-order valence-corrected chi connectivity index (χ3v) is 5.25. The van der Waals surface area contributed by atoms with E-state index < -0.39 is 0 Å². The standard InChI is InChI=1S/C23H21ClN4O4/c24-19-7-2-1-5-17(19)15-32-18-6-3-4-16(12-18)13-28(10-11-29)23(31)20-14-27-9-8-25-22(30)21(27)26-20/h1-9,12,14,29H,10-11,13,15H2,(H,25,30). The highest BCUT2D eigenvalue weighted by atomic mass is 35.5. The largest absolute Gasteiger partial charge is 0.489 e. The van der Waals surface area contributed by atoms with Crippen molar-refractivity contribution in [1.82, 2.24) is 19.3 Å². The average molecular weight is 453 g/mol. The summed E-state index contributed by atoms with van der Waals surface area (Å²) in [5, 5.41) is 10.1. The molecule has 2 heterocycles. The van der Waals surface area contributed by atoms with Crippen LogP contribution in [0.25, 0.3) is 5.65 Å². The molecular weight excluding hydrogens is 432 g/mol. The second-order valence-corrected chi connectivity index (χ2v) is 7.53. The van der Waals surface area contributed by atoms with Gasteiger partial charge in [-0.25, -0.2) is 4.98 Å². The van der Waals surface area contributed by atoms with E-state index >= 15 is 0 Å². The van der Waals surface area contributed by atoms with Crippen LogP contribution in [-0.2, 0) is 13.2 Å². The van der Waals surface area contributed by atoms with Crippen LogP contribution in [0.1, 0.15) is 21.6 Å². The maximum atomic E-state index is 13.0. The van der Waals surface area contributed by atoms with E-state index in [0.29, 0.717) is 17.4 Å². The molecule has 0 aliphatic carbocycles. The molecule has 0 aliphatic heterocycles. The molecule has 0 radical (unpaired) electrons. The number of hydrogen-bond acceptors (Lipinski definition) is 5. The zero-order chi connectivity index (χ0) is 22.5. The fraction of sp³-hybridized carbons (Fsp3) is 0.174. The van der Waals surface area contributed by atoms with E-state index in [1.165, 1.54) is 21.7 Å². The number of H-pyrrole nitrogens is 1. The number of nitrogens with zero attached hydrogens (tertiary/aromatic N) is 3. The minimum absolute atomic E-state index is 0.119. The molecule has 0 aliphatic rings. The Morgan fingerprint density at radius 3 is 2.84 bits per heavy atom. The number of ether oxygens (including phenoxy) is 1. The van der Waals surface area contributed by atoms with E-state index in [1.807, 2.05) is 48.5 Å². The van der Waals surface area contributed by atoms with Gasteiger partial charge < -0.3 is 24.1 Å². The van der Waals surface area contributed by atoms with Crippen molar-refractivity contribution in [3.8, 4) is 5.75 Å². The van der Waals surface area contributed by atoms with Crippen LogP contribution < -0.4 is 10.3 Å². The lowest BCUT2D eigenvalue weighted by Crippen LogP contribution is -2.33. The third kappa shape index (κ3) is 4.82. The van der Waals surface area contributed by atoms with Crippen LogP contribution in [0.15, 0.2) is 71.9 Å². The molecule has 0 saturated carbocycles. The molecule has 9 heteroatoms. The van der Waals surface area contributed by atoms with Crippen molar-refractivity contribution in [3.63, 3.8) is 0 Å². The number of rotatable bonds is 8. The average Bonchev–Trinajstić information content (AvgIpc) is 3.24. The molecule has 2 aromatic carbocycles. The van der Waals surface area contributed by atoms with E-state index in [9.17, 15) is 14.7 Å². The molecule has 4 rings (SSSR count). The van der Waals surface area contributed by atoms with Gasteiger partial charge in [0.2, 0.25) is 5.65 Å². The first-order valence-corrected chi connectivity index (χ1v) is 10.3. The van der Waals surface area contributed by atoms with Crippen molar-refractivity contribution in [3.05, 3.63) is 99.3 Å². The SMILES string of the molecule is O=C(c1cn2cc[nH]c(=O)c2n1)N(CCO)Cc1cccc(OCc2ccccc2Cl)c1. The Hall–Kier alpha value is -3.62. The van der Waals surface area contributed by atoms with Gasteiger partial charge in [-0.2, -0.15) is 0 Å². The fourth-order valence-corrected chi connectivity index (χ4v) is 3.49. The summed E-state index contributed by atoms with van der Waals surface area (Å²) >= 11 is 6.18. The van der Waals surface area contributed by atoms with E-state index in [1.54, 1.807) is 6.20 Å². The van der Waals surface area contributed by atoms with Gasteiger partial charge in [-0.1, -0.05) is 41.9 Å². The Bertz CT molecular complexity index is 1300. The van der Waals surface area contributed by atoms with Crippen LogP contribution in [0.5, 0.6) is 5.75 Å². The molecule has 0 saturated heterocycles. The Morgan fingerprint density at radius 2 is 2.06 bits per heavy atom. The monoisotopic (exact) mass is 452 g/mol. The predicted molar refractivity (Wildman–Crippen MR) is 120 cm³/mol. The lowest BCUT2D eigenvalue weighted by Gasteiger charge is -2.21. The molecule has 4 aromatic rings. The minimum Gasteiger partial charge on any atom is -0.489 e. The second kappa shape index (κ2) is 9.67. The molecule has 0 fully saturated rings. The Labute approximate surface area is 188 Å². The smallest absolute Gasteiger partial charge is 0.291 e. The topological polar surface area (TPSA) is 99.9 Å². The van der Waals surface area contributed by atoms with Crippen molar-refractivity contribution in [2.24, 2.45) is 0 Å². The van der Waals surface area contributed by atoms with Crippen LogP contribution in [0, 0.1) is 0 Å². The number of fused-ring (bicyclic) bond motifs is 1. The van der Waals surface area contributed by atoms with E-state index in [2.05, 4.69) is 9.97 Å². The summed E-state index contributed by atoms with van der Waals surface area (Å²) in [6.45, 7) is 0.473. The number of aliphatic hydroxyl groups is 1. The number of halogens is 1. The first kappa shape index (κ1) is 21.6. The number of nitrogens with one attached hydrogen (secondary N) is 1. The predicted octanol–water partition coefficient (Wildman–Crippen LogP) is 2.89. The Morgan fingerprint density at radius 1 is 1.22 bits per heavy atom. The summed E-state index contributed by atoms with van der Waals surface area (Å²) in [7, 11) is 0. The molecule has 0 atom stereocenters. The molecule has 32 heavy (non-hydrogen) atoms. The van der Waals surface area contributed by atoms with Gasteiger partial charge in [0.05, 0.1) is 6.61 Å². The molecule has 2 N–H and O–H groups in total. The van der Waals surface area contributed by atoms with Gasteiger partial charge in [0, 0.05) is 42.3 Å². The third-order valence-electron chi connectivity index (χ3n) is 4.89. The highest BCUT2D eigenvalue weighted by Gasteiger charge is 2.20. The van der Waals surface area contributed by atoms with E-state index in [4.69, 9.17) is 16.3 Å². The van der Waals surface area contributed by atoms with Crippen LogP contribution >= 0.6 is 11.6 Å². The number of amides is 1. The van der Waals surface area contributed by atoms with Crippen molar-refractivity contribution >= 4 is 23.2 Å². The highest BCUT2D eigenvalue weighted by Crippen LogP contribution is 2.20. The van der Waals surface area contributed by atoms with Crippen LogP contribution in [0.2, 0.25) is 5.02 Å². The van der Waals surface area contributed by atoms with Gasteiger partial charge in [-0.05, 0) is 23.8 Å². The highest BCUT2D eigenvalue weighted by molar-refractivity contribution is 6.31. The molecule has 164 valence electrons. The van der Waals surface area contributed by atoms with Gasteiger partial charge in [0.1, 0.15) is 18.1 Å². The van der Waals surface area contributed by atoms with Crippen molar-refractivity contribution in [2.75, 3.05) is 13.2 Å². The van der Waals surface area contributed by atoms with Gasteiger partial charge >= 0.3 is 0 Å². The molecule has 1 amide bonds. The lowest BCUT2D eigenvalue weighted by molar-refractivity contribution is 0.0702. The number of aromatic nitrogens is 3. The zero-order valence-electron chi connectivity index (χ0n) is 17.1. The number of benzene rings is 2. The van der Waals surface area contributed by atoms with E-state index in [-0.39, 0.29) is 42.5 Å². The number of carbonyl (C=O) groups excluding carboxylic acids is 1. The molecule has 0 spiro atoms. The number of carbonyl (C=O) groups is 1.